The van der Waals surface area contributed by atoms with Crippen LogP contribution >= 0.6 is 11.3 Å². The summed E-state index contributed by atoms with van der Waals surface area (Å²) >= 11 is 1.21. The molecule has 0 aliphatic carbocycles. The van der Waals surface area contributed by atoms with Crippen molar-refractivity contribution in [3.05, 3.63) is 71.0 Å². The summed E-state index contributed by atoms with van der Waals surface area (Å²) in [6.45, 7) is 2.37. The van der Waals surface area contributed by atoms with E-state index in [4.69, 9.17) is 5.73 Å². The van der Waals surface area contributed by atoms with Crippen LogP contribution in [0.4, 0.5) is 5.95 Å². The molecule has 1 amide bonds. The van der Waals surface area contributed by atoms with E-state index in [0.29, 0.717) is 32.9 Å². The molecule has 3 aromatic heterocycles. The first-order chi connectivity index (χ1) is 14.1. The lowest BCUT2D eigenvalue weighted by Gasteiger charge is -2.08. The highest BCUT2D eigenvalue weighted by molar-refractivity contribution is 7.20. The summed E-state index contributed by atoms with van der Waals surface area (Å²) in [4.78, 5) is 21.8. The fourth-order valence-corrected chi connectivity index (χ4v) is 3.97. The highest BCUT2D eigenvalue weighted by Gasteiger charge is 2.19. The molecule has 0 bridgehead atoms. The van der Waals surface area contributed by atoms with Gasteiger partial charge in [-0.2, -0.15) is 0 Å². The molecule has 4 rings (SSSR count). The number of nitrogen functional groups attached to an aromatic ring is 1. The normalized spacial score (nSPS) is 11.7. The predicted molar refractivity (Wildman–Crippen MR) is 113 cm³/mol. The number of thiophene rings is 1. The SMILES string of the molecule is CCNC(=O)c1cc2c(C(=NO)c3ccc(-n4cccc4)cc3)nc(N)nc2s1. The number of hydrogen-bond donors (Lipinski definition) is 3. The van der Waals surface area contributed by atoms with Crippen molar-refractivity contribution in [2.45, 2.75) is 6.92 Å². The Balaban J connectivity index is 1.78. The van der Waals surface area contributed by atoms with Crippen molar-refractivity contribution in [1.82, 2.24) is 19.9 Å². The van der Waals surface area contributed by atoms with Gasteiger partial charge in [-0.1, -0.05) is 17.3 Å². The van der Waals surface area contributed by atoms with Crippen molar-refractivity contribution in [3.63, 3.8) is 0 Å². The third kappa shape index (κ3) is 3.55. The topological polar surface area (TPSA) is 118 Å². The maximum absolute atomic E-state index is 12.2. The number of fused-ring (bicyclic) bond motifs is 1. The van der Waals surface area contributed by atoms with E-state index in [1.807, 2.05) is 60.3 Å². The fraction of sp³-hybridized carbons (Fsp3) is 0.100. The Kier molecular flexibility index (Phi) is 4.96. The number of nitrogens with zero attached hydrogens (tertiary/aromatic N) is 4. The molecule has 8 nitrogen and oxygen atoms in total. The van der Waals surface area contributed by atoms with Gasteiger partial charge >= 0.3 is 0 Å². The minimum atomic E-state index is -0.196. The molecule has 4 aromatic rings. The molecule has 0 radical (unpaired) electrons. The summed E-state index contributed by atoms with van der Waals surface area (Å²) < 4.78 is 1.97. The molecular weight excluding hydrogens is 388 g/mol. The van der Waals surface area contributed by atoms with Gasteiger partial charge in [0.05, 0.1) is 4.88 Å². The molecule has 146 valence electrons. The molecular formula is C20H18N6O2S. The highest BCUT2D eigenvalue weighted by Crippen LogP contribution is 2.28. The lowest BCUT2D eigenvalue weighted by molar-refractivity contribution is 0.0960. The van der Waals surface area contributed by atoms with Gasteiger partial charge in [0.2, 0.25) is 5.95 Å². The molecule has 0 aliphatic heterocycles. The molecule has 0 saturated carbocycles. The van der Waals surface area contributed by atoms with Crippen LogP contribution < -0.4 is 11.1 Å². The molecule has 0 fully saturated rings. The number of amides is 1. The third-order valence-electron chi connectivity index (χ3n) is 4.34. The Morgan fingerprint density at radius 1 is 1.24 bits per heavy atom. The molecule has 9 heteroatoms. The summed E-state index contributed by atoms with van der Waals surface area (Å²) in [7, 11) is 0. The number of carbonyl (C=O) groups is 1. The molecule has 0 spiro atoms. The van der Waals surface area contributed by atoms with Crippen LogP contribution in [0.15, 0.2) is 60.0 Å². The van der Waals surface area contributed by atoms with Crippen molar-refractivity contribution < 1.29 is 10.0 Å². The number of carbonyl (C=O) groups excluding carboxylic acids is 1. The van der Waals surface area contributed by atoms with Crippen LogP contribution in [0, 0.1) is 0 Å². The van der Waals surface area contributed by atoms with E-state index in [1.54, 1.807) is 6.07 Å². The van der Waals surface area contributed by atoms with E-state index in [-0.39, 0.29) is 17.6 Å². The first-order valence-electron chi connectivity index (χ1n) is 8.92. The zero-order chi connectivity index (χ0) is 20.4. The van der Waals surface area contributed by atoms with Crippen LogP contribution in [0.5, 0.6) is 0 Å². The van der Waals surface area contributed by atoms with Gasteiger partial charge in [0, 0.05) is 35.6 Å². The lowest BCUT2D eigenvalue weighted by Crippen LogP contribution is -2.21. The zero-order valence-corrected chi connectivity index (χ0v) is 16.3. The first-order valence-corrected chi connectivity index (χ1v) is 9.73. The molecule has 0 atom stereocenters. The van der Waals surface area contributed by atoms with E-state index >= 15 is 0 Å². The Bertz CT molecular complexity index is 1200. The number of benzene rings is 1. The molecule has 4 N–H and O–H groups in total. The molecule has 0 aliphatic rings. The van der Waals surface area contributed by atoms with Gasteiger partial charge in [-0.15, -0.1) is 11.3 Å². The monoisotopic (exact) mass is 406 g/mol. The van der Waals surface area contributed by atoms with Crippen LogP contribution in [-0.4, -0.2) is 37.9 Å². The van der Waals surface area contributed by atoms with Gasteiger partial charge in [-0.05, 0) is 37.3 Å². The van der Waals surface area contributed by atoms with E-state index in [9.17, 15) is 10.0 Å². The van der Waals surface area contributed by atoms with E-state index in [1.165, 1.54) is 11.3 Å². The number of nitrogens with one attached hydrogen (secondary N) is 1. The van der Waals surface area contributed by atoms with E-state index in [2.05, 4.69) is 20.4 Å². The molecule has 0 saturated heterocycles. The maximum Gasteiger partial charge on any atom is 0.261 e. The number of aromatic nitrogens is 3. The number of anilines is 1. The smallest absolute Gasteiger partial charge is 0.261 e. The largest absolute Gasteiger partial charge is 0.410 e. The van der Waals surface area contributed by atoms with Crippen LogP contribution in [0.25, 0.3) is 15.9 Å². The number of nitrogens with two attached hydrogens (primary N) is 1. The molecule has 0 unspecified atom stereocenters. The minimum Gasteiger partial charge on any atom is -0.410 e. The zero-order valence-electron chi connectivity index (χ0n) is 15.5. The van der Waals surface area contributed by atoms with Crippen LogP contribution in [0.2, 0.25) is 0 Å². The number of oxime groups is 1. The first kappa shape index (κ1) is 18.6. The van der Waals surface area contributed by atoms with Crippen LogP contribution in [0.1, 0.15) is 27.9 Å². The minimum absolute atomic E-state index is 0.0434. The van der Waals surface area contributed by atoms with E-state index < -0.39 is 0 Å². The Morgan fingerprint density at radius 3 is 2.62 bits per heavy atom. The highest BCUT2D eigenvalue weighted by atomic mass is 32.1. The quantitative estimate of drug-likeness (QED) is 0.267. The summed E-state index contributed by atoms with van der Waals surface area (Å²) in [6.07, 6.45) is 3.89. The van der Waals surface area contributed by atoms with Gasteiger partial charge in [-0.25, -0.2) is 9.97 Å². The van der Waals surface area contributed by atoms with Gasteiger partial charge < -0.3 is 20.8 Å². The van der Waals surface area contributed by atoms with Crippen LogP contribution in [0.3, 0.4) is 0 Å². The number of hydrogen-bond acceptors (Lipinski definition) is 7. The fourth-order valence-electron chi connectivity index (χ4n) is 3.02. The van der Waals surface area contributed by atoms with Gasteiger partial charge in [0.25, 0.3) is 5.91 Å². The van der Waals surface area contributed by atoms with Crippen molar-refractivity contribution in [2.24, 2.45) is 5.16 Å². The summed E-state index contributed by atoms with van der Waals surface area (Å²) in [5.74, 6) is -0.152. The van der Waals surface area contributed by atoms with E-state index in [0.717, 1.165) is 5.69 Å². The van der Waals surface area contributed by atoms with Crippen molar-refractivity contribution in [2.75, 3.05) is 12.3 Å². The standard InChI is InChI=1S/C20H18N6O2S/c1-2-22-18(27)15-11-14-17(23-20(21)24-19(14)29-15)16(25-28)12-5-7-13(8-6-12)26-9-3-4-10-26/h3-11,28H,2H2,1H3,(H,22,27)(H2,21,23,24). The molecule has 1 aromatic carbocycles. The maximum atomic E-state index is 12.2. The van der Waals surface area contributed by atoms with Gasteiger partial charge in [0.15, 0.2) is 0 Å². The Labute approximate surface area is 170 Å². The van der Waals surface area contributed by atoms with Crippen molar-refractivity contribution >= 4 is 39.1 Å². The number of rotatable bonds is 5. The third-order valence-corrected chi connectivity index (χ3v) is 5.37. The lowest BCUT2D eigenvalue weighted by atomic mass is 10.0. The second-order valence-electron chi connectivity index (χ2n) is 6.21. The second-order valence-corrected chi connectivity index (χ2v) is 7.24. The average Bonchev–Trinajstić information content (AvgIpc) is 3.39. The second kappa shape index (κ2) is 7.72. The van der Waals surface area contributed by atoms with Crippen molar-refractivity contribution in [1.29, 1.82) is 0 Å². The van der Waals surface area contributed by atoms with Crippen LogP contribution in [-0.2, 0) is 0 Å². The average molecular weight is 406 g/mol. The summed E-state index contributed by atoms with van der Waals surface area (Å²) in [5.41, 5.74) is 8.13. The van der Waals surface area contributed by atoms with Crippen molar-refractivity contribution in [3.8, 4) is 5.69 Å². The molecule has 29 heavy (non-hydrogen) atoms. The Morgan fingerprint density at radius 2 is 1.97 bits per heavy atom. The summed E-state index contributed by atoms with van der Waals surface area (Å²) in [6, 6.07) is 13.1. The Hall–Kier alpha value is -3.72. The van der Waals surface area contributed by atoms with Gasteiger partial charge in [0.1, 0.15) is 16.2 Å². The predicted octanol–water partition coefficient (Wildman–Crippen LogP) is 3.04. The van der Waals surface area contributed by atoms with Gasteiger partial charge in [-0.3, -0.25) is 4.79 Å². The molecule has 3 heterocycles. The summed E-state index contributed by atoms with van der Waals surface area (Å²) in [5, 5.41) is 16.6.